The molecule has 0 bridgehead atoms. The van der Waals surface area contributed by atoms with Gasteiger partial charge in [0, 0.05) is 30.9 Å². The second-order valence-corrected chi connectivity index (χ2v) is 7.37. The molecule has 7 nitrogen and oxygen atoms in total. The van der Waals surface area contributed by atoms with Gasteiger partial charge in [-0.3, -0.25) is 14.4 Å². The molecule has 0 unspecified atom stereocenters. The van der Waals surface area contributed by atoms with Crippen LogP contribution < -0.4 is 15.6 Å². The number of aryl methyl sites for hydroxylation is 1. The van der Waals surface area contributed by atoms with Crippen LogP contribution in [0.2, 0.25) is 0 Å². The van der Waals surface area contributed by atoms with Crippen LogP contribution in [0.25, 0.3) is 0 Å². The van der Waals surface area contributed by atoms with E-state index in [9.17, 15) is 14.4 Å². The number of amides is 2. The molecule has 156 valence electrons. The molecule has 2 rings (SSSR count). The van der Waals surface area contributed by atoms with Gasteiger partial charge in [-0.1, -0.05) is 0 Å². The molecule has 29 heavy (non-hydrogen) atoms. The fourth-order valence-electron chi connectivity index (χ4n) is 3.20. The predicted octanol–water partition coefficient (Wildman–Crippen LogP) is 3.30. The van der Waals surface area contributed by atoms with Crippen molar-refractivity contribution >= 4 is 17.5 Å². The highest BCUT2D eigenvalue weighted by Gasteiger charge is 2.23. The smallest absolute Gasteiger partial charge is 0.274 e. The van der Waals surface area contributed by atoms with Crippen LogP contribution in [-0.2, 0) is 7.05 Å². The van der Waals surface area contributed by atoms with E-state index in [0.717, 1.165) is 0 Å². The molecule has 0 aliphatic carbocycles. The van der Waals surface area contributed by atoms with Gasteiger partial charge in [0.1, 0.15) is 11.4 Å². The molecule has 1 aromatic carbocycles. The Hall–Kier alpha value is -3.09. The molecule has 0 saturated carbocycles. The maximum Gasteiger partial charge on any atom is 0.274 e. The van der Waals surface area contributed by atoms with E-state index < -0.39 is 5.91 Å². The van der Waals surface area contributed by atoms with Crippen molar-refractivity contribution < 1.29 is 14.3 Å². The fourth-order valence-corrected chi connectivity index (χ4v) is 3.20. The van der Waals surface area contributed by atoms with Gasteiger partial charge in [0.05, 0.1) is 12.2 Å². The number of carbonyl (C=O) groups is 2. The number of anilines is 1. The van der Waals surface area contributed by atoms with E-state index in [1.54, 1.807) is 36.2 Å². The van der Waals surface area contributed by atoms with Crippen molar-refractivity contribution in [3.8, 4) is 5.75 Å². The minimum absolute atomic E-state index is 0.00151. The van der Waals surface area contributed by atoms with Gasteiger partial charge in [-0.05, 0) is 65.0 Å². The predicted molar refractivity (Wildman–Crippen MR) is 114 cm³/mol. The van der Waals surface area contributed by atoms with Crippen molar-refractivity contribution in [1.82, 2.24) is 9.47 Å². The molecule has 0 fully saturated rings. The minimum Gasteiger partial charge on any atom is -0.494 e. The number of carbonyl (C=O) groups excluding carboxylic acids is 2. The largest absolute Gasteiger partial charge is 0.494 e. The molecule has 0 radical (unpaired) electrons. The summed E-state index contributed by atoms with van der Waals surface area (Å²) in [5, 5.41) is 2.63. The van der Waals surface area contributed by atoms with Crippen molar-refractivity contribution in [2.24, 2.45) is 7.05 Å². The summed E-state index contributed by atoms with van der Waals surface area (Å²) >= 11 is 0. The lowest BCUT2D eigenvalue weighted by atomic mass is 10.1. The molecular formula is C22H29N3O4. The summed E-state index contributed by atoms with van der Waals surface area (Å²) in [7, 11) is 1.56. The van der Waals surface area contributed by atoms with Crippen molar-refractivity contribution in [2.75, 3.05) is 11.9 Å². The van der Waals surface area contributed by atoms with Gasteiger partial charge in [-0.15, -0.1) is 0 Å². The molecule has 1 heterocycles. The highest BCUT2D eigenvalue weighted by atomic mass is 16.5. The van der Waals surface area contributed by atoms with Crippen molar-refractivity contribution in [1.29, 1.82) is 0 Å². The number of aromatic nitrogens is 1. The monoisotopic (exact) mass is 399 g/mol. The molecule has 0 aliphatic heterocycles. The SMILES string of the molecule is CCOc1ccc(C(=O)Nc2cc(C(=O)N(C(C)C)C(C)C)cn(C)c2=O)cc1. The van der Waals surface area contributed by atoms with Gasteiger partial charge < -0.3 is 19.5 Å². The van der Waals surface area contributed by atoms with E-state index in [4.69, 9.17) is 4.74 Å². The fraction of sp³-hybridized carbons (Fsp3) is 0.409. The second-order valence-electron chi connectivity index (χ2n) is 7.37. The molecule has 0 atom stereocenters. The van der Waals surface area contributed by atoms with Crippen molar-refractivity contribution in [3.05, 3.63) is 58.0 Å². The zero-order valence-electron chi connectivity index (χ0n) is 17.9. The van der Waals surface area contributed by atoms with Gasteiger partial charge >= 0.3 is 0 Å². The van der Waals surface area contributed by atoms with Gasteiger partial charge in [0.15, 0.2) is 0 Å². The highest BCUT2D eigenvalue weighted by Crippen LogP contribution is 2.16. The summed E-state index contributed by atoms with van der Waals surface area (Å²) in [6, 6.07) is 8.08. The van der Waals surface area contributed by atoms with Gasteiger partial charge in [0.2, 0.25) is 0 Å². The summed E-state index contributed by atoms with van der Waals surface area (Å²) in [4.78, 5) is 39.8. The third-order valence-corrected chi connectivity index (χ3v) is 4.45. The van der Waals surface area contributed by atoms with E-state index in [0.29, 0.717) is 23.5 Å². The van der Waals surface area contributed by atoms with Crippen LogP contribution in [0.5, 0.6) is 5.75 Å². The average Bonchev–Trinajstić information content (AvgIpc) is 2.65. The summed E-state index contributed by atoms with van der Waals surface area (Å²) in [5.41, 5.74) is 0.404. The molecular weight excluding hydrogens is 370 g/mol. The maximum atomic E-state index is 13.0. The van der Waals surface area contributed by atoms with Gasteiger partial charge in [-0.25, -0.2) is 0 Å². The molecule has 2 aromatic rings. The Balaban J connectivity index is 2.32. The van der Waals surface area contributed by atoms with Gasteiger partial charge in [-0.2, -0.15) is 0 Å². The lowest BCUT2D eigenvalue weighted by Crippen LogP contribution is -2.42. The lowest BCUT2D eigenvalue weighted by Gasteiger charge is -2.31. The summed E-state index contributed by atoms with van der Waals surface area (Å²) in [6.07, 6.45) is 1.50. The molecule has 0 spiro atoms. The first-order valence-corrected chi connectivity index (χ1v) is 9.73. The average molecular weight is 399 g/mol. The zero-order valence-corrected chi connectivity index (χ0v) is 17.9. The summed E-state index contributed by atoms with van der Waals surface area (Å²) in [6.45, 7) is 10.2. The molecule has 1 N–H and O–H groups in total. The molecule has 1 aromatic heterocycles. The minimum atomic E-state index is -0.431. The molecule has 0 aliphatic rings. The van der Waals surface area contributed by atoms with E-state index in [1.165, 1.54) is 16.8 Å². The van der Waals surface area contributed by atoms with Crippen LogP contribution in [0.3, 0.4) is 0 Å². The second kappa shape index (κ2) is 9.41. The van der Waals surface area contributed by atoms with Crippen molar-refractivity contribution in [2.45, 2.75) is 46.7 Å². The van der Waals surface area contributed by atoms with Gasteiger partial charge in [0.25, 0.3) is 17.4 Å². The number of hydrogen-bond acceptors (Lipinski definition) is 4. The Morgan fingerprint density at radius 3 is 2.17 bits per heavy atom. The third kappa shape index (κ3) is 5.25. The van der Waals surface area contributed by atoms with E-state index in [2.05, 4.69) is 5.32 Å². The number of benzene rings is 1. The Bertz CT molecular complexity index is 922. The highest BCUT2D eigenvalue weighted by molar-refractivity contribution is 6.05. The number of hydrogen-bond donors (Lipinski definition) is 1. The van der Waals surface area contributed by atoms with Crippen molar-refractivity contribution in [3.63, 3.8) is 0 Å². The number of nitrogens with one attached hydrogen (secondary N) is 1. The summed E-state index contributed by atoms with van der Waals surface area (Å²) < 4.78 is 6.67. The Morgan fingerprint density at radius 1 is 1.07 bits per heavy atom. The van der Waals surface area contributed by atoms with E-state index in [-0.39, 0.29) is 29.2 Å². The first kappa shape index (κ1) is 22.2. The summed E-state index contributed by atoms with van der Waals surface area (Å²) in [5.74, 6) is 0.0384. The van der Waals surface area contributed by atoms with Crippen LogP contribution in [-0.4, -0.2) is 40.0 Å². The van der Waals surface area contributed by atoms with E-state index >= 15 is 0 Å². The molecule has 2 amide bonds. The normalized spacial score (nSPS) is 10.9. The Kier molecular flexibility index (Phi) is 7.20. The molecule has 0 saturated heterocycles. The van der Waals surface area contributed by atoms with Crippen LogP contribution in [0.15, 0.2) is 41.3 Å². The third-order valence-electron chi connectivity index (χ3n) is 4.45. The topological polar surface area (TPSA) is 80.6 Å². The zero-order chi connectivity index (χ0) is 21.7. The lowest BCUT2D eigenvalue weighted by molar-refractivity contribution is 0.0642. The van der Waals surface area contributed by atoms with E-state index in [1.807, 2.05) is 34.6 Å². The standard InChI is InChI=1S/C22H29N3O4/c1-7-29-18-10-8-16(9-11-18)20(26)23-19-12-17(13-24(6)22(19)28)21(27)25(14(2)3)15(4)5/h8-15H,7H2,1-6H3,(H,23,26). The maximum absolute atomic E-state index is 13.0. The van der Waals surface area contributed by atoms with Crippen LogP contribution >= 0.6 is 0 Å². The first-order valence-electron chi connectivity index (χ1n) is 9.73. The first-order chi connectivity index (χ1) is 13.6. The number of nitrogens with zero attached hydrogens (tertiary/aromatic N) is 2. The number of rotatable bonds is 7. The van der Waals surface area contributed by atoms with Crippen LogP contribution in [0.4, 0.5) is 5.69 Å². The number of ether oxygens (including phenoxy) is 1. The van der Waals surface area contributed by atoms with Crippen LogP contribution in [0, 0.1) is 0 Å². The van der Waals surface area contributed by atoms with Crippen LogP contribution in [0.1, 0.15) is 55.3 Å². The Labute approximate surface area is 171 Å². The number of pyridine rings is 1. The quantitative estimate of drug-likeness (QED) is 0.775. The molecule has 7 heteroatoms. The Morgan fingerprint density at radius 2 is 1.66 bits per heavy atom.